The van der Waals surface area contributed by atoms with Crippen molar-refractivity contribution >= 4 is 28.5 Å². The lowest BCUT2D eigenvalue weighted by Gasteiger charge is -2.33. The number of nitrogens with one attached hydrogen (secondary N) is 1. The van der Waals surface area contributed by atoms with E-state index in [1.165, 1.54) is 25.0 Å². The molecule has 0 spiro atoms. The number of rotatable bonds is 7. The number of aromatic nitrogens is 2. The number of imidazole rings is 1. The van der Waals surface area contributed by atoms with Gasteiger partial charge in [-0.1, -0.05) is 62.3 Å². The number of nitrogens with zero attached hydrogens (tertiary/aromatic N) is 2. The van der Waals surface area contributed by atoms with Gasteiger partial charge in [-0.2, -0.15) is 0 Å². The molecule has 2 saturated carbocycles. The molecule has 0 aliphatic heterocycles. The van der Waals surface area contributed by atoms with Crippen molar-refractivity contribution < 1.29 is 13.9 Å². The largest absolute Gasteiger partial charge is 0.484 e. The van der Waals surface area contributed by atoms with Gasteiger partial charge in [0, 0.05) is 12.1 Å². The van der Waals surface area contributed by atoms with E-state index in [9.17, 15) is 9.18 Å². The molecule has 1 heterocycles. The number of halogens is 2. The molecule has 186 valence electrons. The molecule has 2 aromatic carbocycles. The number of carbonyl (C=O) groups excluding carboxylic acids is 1. The normalized spacial score (nSPS) is 18.5. The highest BCUT2D eigenvalue weighted by molar-refractivity contribution is 6.32. The summed E-state index contributed by atoms with van der Waals surface area (Å²) in [5.41, 5.74) is 1.30. The van der Waals surface area contributed by atoms with Crippen molar-refractivity contribution in [3.8, 4) is 5.75 Å². The molecule has 0 saturated heterocycles. The van der Waals surface area contributed by atoms with E-state index in [-0.39, 0.29) is 30.3 Å². The van der Waals surface area contributed by atoms with Crippen LogP contribution in [0.25, 0.3) is 11.0 Å². The average molecular weight is 498 g/mol. The number of hydrogen-bond acceptors (Lipinski definition) is 3. The number of ether oxygens (including phenoxy) is 1. The van der Waals surface area contributed by atoms with Gasteiger partial charge in [-0.15, -0.1) is 0 Å². The first-order valence-electron chi connectivity index (χ1n) is 12.9. The molecular weight excluding hydrogens is 465 g/mol. The predicted octanol–water partition coefficient (Wildman–Crippen LogP) is 6.98. The van der Waals surface area contributed by atoms with Gasteiger partial charge in [-0.25, -0.2) is 9.37 Å². The molecule has 1 unspecified atom stereocenters. The van der Waals surface area contributed by atoms with Crippen LogP contribution in [-0.2, 0) is 11.4 Å². The van der Waals surface area contributed by atoms with Gasteiger partial charge in [-0.3, -0.25) is 4.79 Å². The molecule has 5 rings (SSSR count). The lowest BCUT2D eigenvalue weighted by atomic mass is 9.83. The number of hydrogen-bond donors (Lipinski definition) is 1. The predicted molar refractivity (Wildman–Crippen MR) is 136 cm³/mol. The van der Waals surface area contributed by atoms with Gasteiger partial charge in [0.05, 0.1) is 16.1 Å². The fourth-order valence-electron chi connectivity index (χ4n) is 5.76. The van der Waals surface area contributed by atoms with E-state index in [4.69, 9.17) is 21.3 Å². The Morgan fingerprint density at radius 2 is 1.77 bits per heavy atom. The number of carbonyl (C=O) groups is 1. The van der Waals surface area contributed by atoms with Crippen LogP contribution < -0.4 is 10.1 Å². The monoisotopic (exact) mass is 497 g/mol. The van der Waals surface area contributed by atoms with E-state index in [1.807, 2.05) is 22.8 Å². The lowest BCUT2D eigenvalue weighted by molar-refractivity contribution is -0.127. The summed E-state index contributed by atoms with van der Waals surface area (Å²) in [7, 11) is 0. The van der Waals surface area contributed by atoms with Crippen molar-refractivity contribution in [1.29, 1.82) is 0 Å². The molecule has 2 aliphatic rings. The molecule has 1 aromatic heterocycles. The van der Waals surface area contributed by atoms with Crippen molar-refractivity contribution in [2.24, 2.45) is 5.92 Å². The van der Waals surface area contributed by atoms with Crippen LogP contribution in [0, 0.1) is 11.7 Å². The van der Waals surface area contributed by atoms with Crippen molar-refractivity contribution in [1.82, 2.24) is 14.9 Å². The minimum absolute atomic E-state index is 0.0476. The average Bonchev–Trinajstić information content (AvgIpc) is 3.22. The SMILES string of the molecule is O=C(NC1CCCCC1)C(C1CCCCC1)n1c(COc2ccccc2Cl)nc2cc(F)ccc21. The van der Waals surface area contributed by atoms with Gasteiger partial charge >= 0.3 is 0 Å². The lowest BCUT2D eigenvalue weighted by Crippen LogP contribution is -2.43. The van der Waals surface area contributed by atoms with Crippen LogP contribution in [0.2, 0.25) is 5.02 Å². The first kappa shape index (κ1) is 24.1. The summed E-state index contributed by atoms with van der Waals surface area (Å²) in [5.74, 6) is 1.07. The zero-order chi connectivity index (χ0) is 24.2. The summed E-state index contributed by atoms with van der Waals surface area (Å²) in [5, 5.41) is 3.88. The van der Waals surface area contributed by atoms with E-state index in [0.717, 1.165) is 56.9 Å². The van der Waals surface area contributed by atoms with E-state index in [0.29, 0.717) is 22.1 Å². The van der Waals surface area contributed by atoms with Crippen molar-refractivity contribution in [2.75, 3.05) is 0 Å². The highest BCUT2D eigenvalue weighted by Crippen LogP contribution is 2.37. The van der Waals surface area contributed by atoms with Gasteiger partial charge in [-0.05, 0) is 55.9 Å². The topological polar surface area (TPSA) is 56.2 Å². The Morgan fingerprint density at radius 3 is 2.51 bits per heavy atom. The number of para-hydroxylation sites is 1. The molecule has 1 atom stereocenters. The molecule has 2 fully saturated rings. The molecular formula is C28H33ClFN3O2. The molecule has 0 bridgehead atoms. The molecule has 2 aliphatic carbocycles. The molecule has 35 heavy (non-hydrogen) atoms. The number of benzene rings is 2. The fourth-order valence-corrected chi connectivity index (χ4v) is 5.95. The minimum Gasteiger partial charge on any atom is -0.484 e. The molecule has 3 aromatic rings. The van der Waals surface area contributed by atoms with E-state index >= 15 is 0 Å². The van der Waals surface area contributed by atoms with Crippen LogP contribution in [0.15, 0.2) is 42.5 Å². The molecule has 1 N–H and O–H groups in total. The van der Waals surface area contributed by atoms with Crippen LogP contribution in [0.1, 0.15) is 76.1 Å². The maximum Gasteiger partial charge on any atom is 0.243 e. The first-order valence-corrected chi connectivity index (χ1v) is 13.3. The van der Waals surface area contributed by atoms with Gasteiger partial charge in [0.2, 0.25) is 5.91 Å². The quantitative estimate of drug-likeness (QED) is 0.383. The Balaban J connectivity index is 1.53. The maximum atomic E-state index is 14.1. The van der Waals surface area contributed by atoms with Crippen LogP contribution in [0.4, 0.5) is 4.39 Å². The Labute approximate surface area is 211 Å². The third kappa shape index (κ3) is 5.48. The summed E-state index contributed by atoms with van der Waals surface area (Å²) < 4.78 is 22.2. The highest BCUT2D eigenvalue weighted by Gasteiger charge is 2.35. The summed E-state index contributed by atoms with van der Waals surface area (Å²) in [6, 6.07) is 11.7. The highest BCUT2D eigenvalue weighted by atomic mass is 35.5. The Bertz CT molecular complexity index is 1170. The Kier molecular flexibility index (Phi) is 7.57. The van der Waals surface area contributed by atoms with Gasteiger partial charge < -0.3 is 14.6 Å². The number of fused-ring (bicyclic) bond motifs is 1. The van der Waals surface area contributed by atoms with Gasteiger partial charge in [0.1, 0.15) is 30.0 Å². The Morgan fingerprint density at radius 1 is 1.06 bits per heavy atom. The molecule has 7 heteroatoms. The van der Waals surface area contributed by atoms with Crippen LogP contribution in [0.3, 0.4) is 0 Å². The third-order valence-electron chi connectivity index (χ3n) is 7.51. The number of amides is 1. The summed E-state index contributed by atoms with van der Waals surface area (Å²) in [4.78, 5) is 18.6. The summed E-state index contributed by atoms with van der Waals surface area (Å²) >= 11 is 6.31. The molecule has 0 radical (unpaired) electrons. The van der Waals surface area contributed by atoms with Crippen molar-refractivity contribution in [2.45, 2.75) is 82.9 Å². The van der Waals surface area contributed by atoms with E-state index in [1.54, 1.807) is 12.1 Å². The van der Waals surface area contributed by atoms with E-state index in [2.05, 4.69) is 5.32 Å². The van der Waals surface area contributed by atoms with Crippen molar-refractivity contribution in [3.63, 3.8) is 0 Å². The zero-order valence-electron chi connectivity index (χ0n) is 20.0. The van der Waals surface area contributed by atoms with Crippen LogP contribution in [-0.4, -0.2) is 21.5 Å². The second kappa shape index (κ2) is 11.0. The van der Waals surface area contributed by atoms with Crippen LogP contribution in [0.5, 0.6) is 5.75 Å². The minimum atomic E-state index is -0.405. The third-order valence-corrected chi connectivity index (χ3v) is 7.82. The fraction of sp³-hybridized carbons (Fsp3) is 0.500. The second-order valence-electron chi connectivity index (χ2n) is 9.94. The maximum absolute atomic E-state index is 14.1. The zero-order valence-corrected chi connectivity index (χ0v) is 20.8. The van der Waals surface area contributed by atoms with Gasteiger partial charge in [0.25, 0.3) is 0 Å². The van der Waals surface area contributed by atoms with Crippen LogP contribution >= 0.6 is 11.6 Å². The smallest absolute Gasteiger partial charge is 0.243 e. The first-order chi connectivity index (χ1) is 17.1. The Hall–Kier alpha value is -2.60. The van der Waals surface area contributed by atoms with Crippen molar-refractivity contribution in [3.05, 3.63) is 59.1 Å². The molecule has 1 amide bonds. The summed E-state index contributed by atoms with van der Waals surface area (Å²) in [6.45, 7) is 0.139. The standard InChI is InChI=1S/C28H33ClFN3O2/c29-22-13-7-8-14-25(22)35-18-26-32-23-17-20(30)15-16-24(23)33(26)27(19-9-3-1-4-10-19)28(34)31-21-11-5-2-6-12-21/h7-8,13-17,19,21,27H,1-6,9-12,18H2,(H,31,34). The molecule has 5 nitrogen and oxygen atoms in total. The summed E-state index contributed by atoms with van der Waals surface area (Å²) in [6.07, 6.45) is 11.0. The second-order valence-corrected chi connectivity index (χ2v) is 10.3. The van der Waals surface area contributed by atoms with E-state index < -0.39 is 6.04 Å². The van der Waals surface area contributed by atoms with Gasteiger partial charge in [0.15, 0.2) is 0 Å².